The number of hydrogen-bond donors (Lipinski definition) is 1. The minimum absolute atomic E-state index is 0.0611. The van der Waals surface area contributed by atoms with E-state index in [-0.39, 0.29) is 6.61 Å². The number of hydrogen-bond acceptors (Lipinski definition) is 4. The molecular weight excluding hydrogens is 342 g/mol. The van der Waals surface area contributed by atoms with Crippen molar-refractivity contribution in [2.24, 2.45) is 0 Å². The van der Waals surface area contributed by atoms with E-state index in [1.54, 1.807) is 0 Å². The van der Waals surface area contributed by atoms with Crippen LogP contribution in [-0.2, 0) is 13.0 Å². The van der Waals surface area contributed by atoms with Crippen LogP contribution < -0.4 is 4.90 Å². The summed E-state index contributed by atoms with van der Waals surface area (Å²) in [5.41, 5.74) is 1.68. The van der Waals surface area contributed by atoms with Crippen LogP contribution in [0.2, 0.25) is 0 Å². The first-order valence-electron chi connectivity index (χ1n) is 8.43. The van der Waals surface area contributed by atoms with Crippen molar-refractivity contribution in [3.8, 4) is 0 Å². The molecule has 0 amide bonds. The molecule has 0 unspecified atom stereocenters. The number of aliphatic hydroxyl groups excluding tert-OH is 1. The van der Waals surface area contributed by atoms with Gasteiger partial charge in [-0.2, -0.15) is 0 Å². The Morgan fingerprint density at radius 3 is 2.00 bits per heavy atom. The Balaban J connectivity index is 2.43. The molecule has 22 heavy (non-hydrogen) atoms. The number of anilines is 1. The van der Waals surface area contributed by atoms with Gasteiger partial charge in [0.15, 0.2) is 0 Å². The Labute approximate surface area is 143 Å². The highest BCUT2D eigenvalue weighted by molar-refractivity contribution is 9.10. The molecule has 1 heterocycles. The zero-order chi connectivity index (χ0) is 16.4. The quantitative estimate of drug-likeness (QED) is 0.582. The number of aromatic nitrogens is 2. The molecule has 1 N–H and O–H groups in total. The van der Waals surface area contributed by atoms with Crippen molar-refractivity contribution in [1.29, 1.82) is 0 Å². The van der Waals surface area contributed by atoms with Gasteiger partial charge in [-0.05, 0) is 28.8 Å². The lowest BCUT2D eigenvalue weighted by atomic mass is 10.1. The van der Waals surface area contributed by atoms with Gasteiger partial charge in [0.2, 0.25) is 5.95 Å². The fourth-order valence-electron chi connectivity index (χ4n) is 2.43. The first-order chi connectivity index (χ1) is 10.6. The van der Waals surface area contributed by atoms with Crippen molar-refractivity contribution in [2.45, 2.75) is 71.3 Å². The Kier molecular flexibility index (Phi) is 9.64. The van der Waals surface area contributed by atoms with Gasteiger partial charge >= 0.3 is 0 Å². The van der Waals surface area contributed by atoms with Crippen LogP contribution in [0.25, 0.3) is 0 Å². The first-order valence-corrected chi connectivity index (χ1v) is 9.22. The maximum Gasteiger partial charge on any atom is 0.225 e. The summed E-state index contributed by atoms with van der Waals surface area (Å²) in [5, 5.41) is 9.42. The number of rotatable bonds is 11. The third-order valence-electron chi connectivity index (χ3n) is 3.79. The number of unbranched alkanes of at least 4 members (excludes halogenated alkanes) is 7. The SMILES string of the molecule is CCCCCCCCCCc1nc(N(C)C)nc(CO)c1Br. The molecule has 0 radical (unpaired) electrons. The standard InChI is InChI=1S/C17H30BrN3O/c1-4-5-6-7-8-9-10-11-12-14-16(18)15(13-22)20-17(19-14)21(2)3/h22H,4-13H2,1-3H3. The van der Waals surface area contributed by atoms with Crippen LogP contribution in [0.4, 0.5) is 5.95 Å². The number of nitrogens with zero attached hydrogens (tertiary/aromatic N) is 3. The van der Waals surface area contributed by atoms with Gasteiger partial charge in [-0.25, -0.2) is 9.97 Å². The van der Waals surface area contributed by atoms with E-state index >= 15 is 0 Å². The Hall–Kier alpha value is -0.680. The predicted molar refractivity (Wildman–Crippen MR) is 96.3 cm³/mol. The summed E-state index contributed by atoms with van der Waals surface area (Å²) in [6.07, 6.45) is 11.4. The van der Waals surface area contributed by atoms with E-state index in [9.17, 15) is 5.11 Å². The fraction of sp³-hybridized carbons (Fsp3) is 0.765. The normalized spacial score (nSPS) is 11.0. The molecule has 0 aromatic carbocycles. The van der Waals surface area contributed by atoms with Crippen LogP contribution in [0.3, 0.4) is 0 Å². The number of aryl methyl sites for hydroxylation is 1. The highest BCUT2D eigenvalue weighted by Crippen LogP contribution is 2.23. The van der Waals surface area contributed by atoms with Crippen LogP contribution >= 0.6 is 15.9 Å². The lowest BCUT2D eigenvalue weighted by molar-refractivity contribution is 0.275. The van der Waals surface area contributed by atoms with Crippen LogP contribution in [0.5, 0.6) is 0 Å². The van der Waals surface area contributed by atoms with E-state index in [1.807, 2.05) is 19.0 Å². The molecular formula is C17H30BrN3O. The summed E-state index contributed by atoms with van der Waals surface area (Å²) in [7, 11) is 3.84. The van der Waals surface area contributed by atoms with Crippen LogP contribution in [0.1, 0.15) is 69.7 Å². The molecule has 0 bridgehead atoms. The number of aliphatic hydroxyl groups is 1. The molecule has 0 aliphatic rings. The zero-order valence-electron chi connectivity index (χ0n) is 14.2. The molecule has 1 rings (SSSR count). The summed E-state index contributed by atoms with van der Waals surface area (Å²) in [6.45, 7) is 2.19. The fourth-order valence-corrected chi connectivity index (χ4v) is 2.93. The summed E-state index contributed by atoms with van der Waals surface area (Å²) >= 11 is 3.53. The summed E-state index contributed by atoms with van der Waals surface area (Å²) < 4.78 is 0.864. The monoisotopic (exact) mass is 371 g/mol. The molecule has 0 saturated carbocycles. The minimum Gasteiger partial charge on any atom is -0.390 e. The molecule has 5 heteroatoms. The topological polar surface area (TPSA) is 49.2 Å². The molecule has 0 fully saturated rings. The molecule has 0 saturated heterocycles. The average molecular weight is 372 g/mol. The lowest BCUT2D eigenvalue weighted by Crippen LogP contribution is -2.15. The Morgan fingerprint density at radius 1 is 0.909 bits per heavy atom. The smallest absolute Gasteiger partial charge is 0.225 e. The molecule has 4 nitrogen and oxygen atoms in total. The van der Waals surface area contributed by atoms with Crippen LogP contribution in [0.15, 0.2) is 4.47 Å². The third kappa shape index (κ3) is 6.61. The first kappa shape index (κ1) is 19.4. The molecule has 0 spiro atoms. The highest BCUT2D eigenvalue weighted by Gasteiger charge is 2.12. The summed E-state index contributed by atoms with van der Waals surface area (Å²) in [6, 6.07) is 0. The van der Waals surface area contributed by atoms with Gasteiger partial charge in [0.1, 0.15) is 0 Å². The van der Waals surface area contributed by atoms with E-state index in [4.69, 9.17) is 0 Å². The van der Waals surface area contributed by atoms with Crippen molar-refractivity contribution in [3.63, 3.8) is 0 Å². The van der Waals surface area contributed by atoms with Gasteiger partial charge in [-0.3, -0.25) is 0 Å². The van der Waals surface area contributed by atoms with E-state index in [0.29, 0.717) is 11.6 Å². The molecule has 0 atom stereocenters. The second-order valence-corrected chi connectivity index (χ2v) is 6.80. The molecule has 1 aromatic heterocycles. The molecule has 0 aliphatic carbocycles. The molecule has 0 aliphatic heterocycles. The molecule has 126 valence electrons. The van der Waals surface area contributed by atoms with Gasteiger partial charge in [0.05, 0.1) is 22.5 Å². The predicted octanol–water partition coefficient (Wildman–Crippen LogP) is 4.48. The van der Waals surface area contributed by atoms with Gasteiger partial charge in [0.25, 0.3) is 0 Å². The maximum atomic E-state index is 9.42. The van der Waals surface area contributed by atoms with Crippen molar-refractivity contribution in [3.05, 3.63) is 15.9 Å². The number of halogens is 1. The van der Waals surface area contributed by atoms with Gasteiger partial charge in [-0.15, -0.1) is 0 Å². The van der Waals surface area contributed by atoms with Crippen molar-refractivity contribution < 1.29 is 5.11 Å². The van der Waals surface area contributed by atoms with E-state index < -0.39 is 0 Å². The van der Waals surface area contributed by atoms with Crippen LogP contribution in [0, 0.1) is 0 Å². The van der Waals surface area contributed by atoms with E-state index in [2.05, 4.69) is 32.8 Å². The summed E-state index contributed by atoms with van der Waals surface area (Å²) in [5.74, 6) is 0.668. The average Bonchev–Trinajstić information content (AvgIpc) is 2.51. The zero-order valence-corrected chi connectivity index (χ0v) is 15.8. The molecule has 1 aromatic rings. The van der Waals surface area contributed by atoms with Crippen LogP contribution in [-0.4, -0.2) is 29.2 Å². The van der Waals surface area contributed by atoms with E-state index in [0.717, 1.165) is 23.0 Å². The Morgan fingerprint density at radius 2 is 1.45 bits per heavy atom. The van der Waals surface area contributed by atoms with Crippen molar-refractivity contribution in [1.82, 2.24) is 9.97 Å². The van der Waals surface area contributed by atoms with Gasteiger partial charge in [-0.1, -0.05) is 51.9 Å². The maximum absolute atomic E-state index is 9.42. The lowest BCUT2D eigenvalue weighted by Gasteiger charge is -2.15. The third-order valence-corrected chi connectivity index (χ3v) is 4.71. The highest BCUT2D eigenvalue weighted by atomic mass is 79.9. The van der Waals surface area contributed by atoms with Gasteiger partial charge < -0.3 is 10.0 Å². The largest absolute Gasteiger partial charge is 0.390 e. The minimum atomic E-state index is -0.0611. The van der Waals surface area contributed by atoms with Crippen molar-refractivity contribution in [2.75, 3.05) is 19.0 Å². The Bertz CT molecular complexity index is 438. The van der Waals surface area contributed by atoms with Crippen molar-refractivity contribution >= 4 is 21.9 Å². The van der Waals surface area contributed by atoms with E-state index in [1.165, 1.54) is 44.9 Å². The summed E-state index contributed by atoms with van der Waals surface area (Å²) in [4.78, 5) is 10.8. The second-order valence-electron chi connectivity index (χ2n) is 6.01. The van der Waals surface area contributed by atoms with Gasteiger partial charge in [0, 0.05) is 14.1 Å². The second kappa shape index (κ2) is 10.9.